The van der Waals surface area contributed by atoms with Crippen molar-refractivity contribution >= 4 is 33.9 Å². The maximum Gasteiger partial charge on any atom is 0.271 e. The molecule has 5 nitrogen and oxygen atoms in total. The van der Waals surface area contributed by atoms with Crippen molar-refractivity contribution in [2.45, 2.75) is 6.92 Å². The summed E-state index contributed by atoms with van der Waals surface area (Å²) in [5.74, 6) is 0. The van der Waals surface area contributed by atoms with Crippen LogP contribution in [0.3, 0.4) is 0 Å². The van der Waals surface area contributed by atoms with E-state index in [2.05, 4.69) is 15.4 Å². The Balaban J connectivity index is 2.07. The SMILES string of the molecule is Cc1c(Nc2cc3cc[nH]c3cc2Cl)cnn(C)c1=O. The molecule has 0 bridgehead atoms. The zero-order valence-electron chi connectivity index (χ0n) is 11.1. The normalized spacial score (nSPS) is 10.9. The van der Waals surface area contributed by atoms with Crippen molar-refractivity contribution in [2.75, 3.05) is 5.32 Å². The topological polar surface area (TPSA) is 62.7 Å². The molecule has 0 unspecified atom stereocenters. The zero-order valence-corrected chi connectivity index (χ0v) is 11.8. The summed E-state index contributed by atoms with van der Waals surface area (Å²) in [6, 6.07) is 5.75. The molecular weight excluding hydrogens is 276 g/mol. The minimum Gasteiger partial charge on any atom is -0.361 e. The van der Waals surface area contributed by atoms with Gasteiger partial charge in [-0.15, -0.1) is 0 Å². The van der Waals surface area contributed by atoms with Crippen molar-refractivity contribution in [1.29, 1.82) is 0 Å². The molecular formula is C14H13ClN4O. The monoisotopic (exact) mass is 288 g/mol. The second-order valence-corrected chi connectivity index (χ2v) is 5.04. The number of hydrogen-bond donors (Lipinski definition) is 2. The number of H-pyrrole nitrogens is 1. The van der Waals surface area contributed by atoms with E-state index in [1.807, 2.05) is 24.4 Å². The van der Waals surface area contributed by atoms with E-state index in [9.17, 15) is 4.79 Å². The summed E-state index contributed by atoms with van der Waals surface area (Å²) < 4.78 is 1.30. The minimum atomic E-state index is -0.131. The van der Waals surface area contributed by atoms with Gasteiger partial charge in [0.2, 0.25) is 0 Å². The van der Waals surface area contributed by atoms with Gasteiger partial charge in [-0.3, -0.25) is 4.79 Å². The van der Waals surface area contributed by atoms with Gasteiger partial charge >= 0.3 is 0 Å². The van der Waals surface area contributed by atoms with Gasteiger partial charge in [-0.1, -0.05) is 11.6 Å². The lowest BCUT2D eigenvalue weighted by Gasteiger charge is -2.11. The molecule has 0 saturated heterocycles. The predicted molar refractivity (Wildman–Crippen MR) is 80.8 cm³/mol. The van der Waals surface area contributed by atoms with Crippen LogP contribution in [0.15, 0.2) is 35.4 Å². The van der Waals surface area contributed by atoms with Gasteiger partial charge in [-0.25, -0.2) is 4.68 Å². The highest BCUT2D eigenvalue weighted by molar-refractivity contribution is 6.34. The first-order valence-corrected chi connectivity index (χ1v) is 6.50. The summed E-state index contributed by atoms with van der Waals surface area (Å²) in [6.07, 6.45) is 3.48. The maximum atomic E-state index is 11.9. The molecule has 0 saturated carbocycles. The first-order chi connectivity index (χ1) is 9.56. The lowest BCUT2D eigenvalue weighted by Crippen LogP contribution is -2.22. The van der Waals surface area contributed by atoms with Crippen LogP contribution in [0.4, 0.5) is 11.4 Å². The highest BCUT2D eigenvalue weighted by atomic mass is 35.5. The van der Waals surface area contributed by atoms with Crippen molar-refractivity contribution in [2.24, 2.45) is 7.05 Å². The molecule has 0 spiro atoms. The molecule has 0 atom stereocenters. The molecule has 102 valence electrons. The molecule has 0 radical (unpaired) electrons. The Hall–Kier alpha value is -2.27. The Bertz CT molecular complexity index is 850. The van der Waals surface area contributed by atoms with Crippen molar-refractivity contribution in [3.8, 4) is 0 Å². The van der Waals surface area contributed by atoms with Crippen molar-refractivity contribution in [1.82, 2.24) is 14.8 Å². The molecule has 0 amide bonds. The number of aromatic nitrogens is 3. The van der Waals surface area contributed by atoms with Crippen LogP contribution in [0.25, 0.3) is 10.9 Å². The maximum absolute atomic E-state index is 11.9. The molecule has 3 aromatic rings. The van der Waals surface area contributed by atoms with Crippen LogP contribution in [0.1, 0.15) is 5.56 Å². The third-order valence-electron chi connectivity index (χ3n) is 3.29. The van der Waals surface area contributed by atoms with Gasteiger partial charge in [-0.05, 0) is 25.1 Å². The average Bonchev–Trinajstić information content (AvgIpc) is 2.86. The second-order valence-electron chi connectivity index (χ2n) is 4.63. The summed E-state index contributed by atoms with van der Waals surface area (Å²) >= 11 is 6.25. The molecule has 0 aliphatic carbocycles. The molecule has 2 heterocycles. The fraction of sp³-hybridized carbons (Fsp3) is 0.143. The van der Waals surface area contributed by atoms with Crippen LogP contribution >= 0.6 is 11.6 Å². The molecule has 3 rings (SSSR count). The van der Waals surface area contributed by atoms with Crippen LogP contribution in [0.5, 0.6) is 0 Å². The number of halogens is 1. The van der Waals surface area contributed by atoms with Gasteiger partial charge in [0, 0.05) is 29.7 Å². The van der Waals surface area contributed by atoms with E-state index in [0.29, 0.717) is 16.3 Å². The van der Waals surface area contributed by atoms with Gasteiger partial charge in [0.15, 0.2) is 0 Å². The Kier molecular flexibility index (Phi) is 2.99. The quantitative estimate of drug-likeness (QED) is 0.762. The van der Waals surface area contributed by atoms with Crippen molar-refractivity contribution < 1.29 is 0 Å². The van der Waals surface area contributed by atoms with Crippen molar-refractivity contribution in [3.63, 3.8) is 0 Å². The van der Waals surface area contributed by atoms with E-state index in [-0.39, 0.29) is 5.56 Å². The fourth-order valence-electron chi connectivity index (χ4n) is 2.09. The van der Waals surface area contributed by atoms with Crippen LogP contribution in [-0.4, -0.2) is 14.8 Å². The first kappa shape index (κ1) is 12.7. The minimum absolute atomic E-state index is 0.131. The molecule has 0 aliphatic rings. The number of benzene rings is 1. The van der Waals surface area contributed by atoms with Gasteiger partial charge < -0.3 is 10.3 Å². The summed E-state index contributed by atoms with van der Waals surface area (Å²) in [4.78, 5) is 15.0. The third-order valence-corrected chi connectivity index (χ3v) is 3.60. The number of aromatic amines is 1. The smallest absolute Gasteiger partial charge is 0.271 e. The zero-order chi connectivity index (χ0) is 14.3. The number of aryl methyl sites for hydroxylation is 1. The van der Waals surface area contributed by atoms with E-state index >= 15 is 0 Å². The molecule has 2 aromatic heterocycles. The molecule has 6 heteroatoms. The van der Waals surface area contributed by atoms with E-state index in [4.69, 9.17) is 11.6 Å². The van der Waals surface area contributed by atoms with Crippen molar-refractivity contribution in [3.05, 3.63) is 51.5 Å². The highest BCUT2D eigenvalue weighted by Crippen LogP contribution is 2.30. The first-order valence-electron chi connectivity index (χ1n) is 6.13. The van der Waals surface area contributed by atoms with E-state index < -0.39 is 0 Å². The standard InChI is InChI=1S/C14H13ClN4O/c1-8-13(7-17-19(2)14(8)20)18-12-5-9-3-4-16-11(9)6-10(12)15/h3-7,16,18H,1-2H3. The molecule has 0 fully saturated rings. The molecule has 1 aromatic carbocycles. The third kappa shape index (κ3) is 2.06. The van der Waals surface area contributed by atoms with Gasteiger partial charge in [0.25, 0.3) is 5.56 Å². The lowest BCUT2D eigenvalue weighted by molar-refractivity contribution is 0.702. The Morgan fingerprint density at radius 2 is 2.15 bits per heavy atom. The fourth-order valence-corrected chi connectivity index (χ4v) is 2.30. The number of anilines is 2. The highest BCUT2D eigenvalue weighted by Gasteiger charge is 2.09. The predicted octanol–water partition coefficient (Wildman–Crippen LogP) is 2.97. The summed E-state index contributed by atoms with van der Waals surface area (Å²) in [6.45, 7) is 1.76. The van der Waals surface area contributed by atoms with E-state index in [0.717, 1.165) is 16.6 Å². The Morgan fingerprint density at radius 1 is 1.35 bits per heavy atom. The second kappa shape index (κ2) is 4.68. The van der Waals surface area contributed by atoms with Crippen LogP contribution in [0.2, 0.25) is 5.02 Å². The number of nitrogens with zero attached hydrogens (tertiary/aromatic N) is 2. The summed E-state index contributed by atoms with van der Waals surface area (Å²) in [7, 11) is 1.62. The van der Waals surface area contributed by atoms with Crippen LogP contribution in [0, 0.1) is 6.92 Å². The van der Waals surface area contributed by atoms with Gasteiger partial charge in [0.1, 0.15) is 0 Å². The summed E-state index contributed by atoms with van der Waals surface area (Å²) in [5.41, 5.74) is 2.85. The Morgan fingerprint density at radius 3 is 2.95 bits per heavy atom. The number of hydrogen-bond acceptors (Lipinski definition) is 3. The van der Waals surface area contributed by atoms with E-state index in [1.165, 1.54) is 4.68 Å². The van der Waals surface area contributed by atoms with Crippen LogP contribution < -0.4 is 10.9 Å². The van der Waals surface area contributed by atoms with Crippen LogP contribution in [-0.2, 0) is 7.05 Å². The number of fused-ring (bicyclic) bond motifs is 1. The van der Waals surface area contributed by atoms with E-state index in [1.54, 1.807) is 20.2 Å². The average molecular weight is 289 g/mol. The largest absolute Gasteiger partial charge is 0.361 e. The molecule has 0 aliphatic heterocycles. The lowest BCUT2D eigenvalue weighted by atomic mass is 10.2. The Labute approximate surface area is 120 Å². The number of nitrogens with one attached hydrogen (secondary N) is 2. The molecule has 20 heavy (non-hydrogen) atoms. The van der Waals surface area contributed by atoms with Gasteiger partial charge in [-0.2, -0.15) is 5.10 Å². The summed E-state index contributed by atoms with van der Waals surface area (Å²) in [5, 5.41) is 8.81. The molecule has 2 N–H and O–H groups in total. The number of rotatable bonds is 2. The van der Waals surface area contributed by atoms with Gasteiger partial charge in [0.05, 0.1) is 22.6 Å².